The number of rotatable bonds is 5. The fourth-order valence-corrected chi connectivity index (χ4v) is 2.68. The molecule has 1 aromatic heterocycles. The van der Waals surface area contributed by atoms with Crippen LogP contribution in [0.5, 0.6) is 0 Å². The molecule has 3 nitrogen and oxygen atoms in total. The number of carbonyl (C=O) groups excluding carboxylic acids is 1. The maximum Gasteiger partial charge on any atom is 0.220 e. The molecule has 2 unspecified atom stereocenters. The van der Waals surface area contributed by atoms with Gasteiger partial charge in [0.25, 0.3) is 0 Å². The van der Waals surface area contributed by atoms with E-state index >= 15 is 0 Å². The monoisotopic (exact) mass is 251 g/mol. The van der Waals surface area contributed by atoms with Crippen molar-refractivity contribution in [3.05, 3.63) is 34.5 Å². The van der Waals surface area contributed by atoms with E-state index in [1.807, 2.05) is 16.8 Å². The maximum atomic E-state index is 11.6. The molecule has 0 radical (unpaired) electrons. The van der Waals surface area contributed by atoms with Gasteiger partial charge in [-0.15, -0.1) is 0 Å². The van der Waals surface area contributed by atoms with Crippen LogP contribution in [0.25, 0.3) is 0 Å². The zero-order valence-electron chi connectivity index (χ0n) is 9.63. The molecule has 1 aromatic rings. The smallest absolute Gasteiger partial charge is 0.220 e. The minimum absolute atomic E-state index is 0.0239. The van der Waals surface area contributed by atoms with Crippen molar-refractivity contribution in [3.63, 3.8) is 0 Å². The second kappa shape index (κ2) is 5.98. The van der Waals surface area contributed by atoms with E-state index in [1.54, 1.807) is 11.3 Å². The summed E-state index contributed by atoms with van der Waals surface area (Å²) < 4.78 is 0. The number of allylic oxidation sites excluding steroid dienone is 2. The Morgan fingerprint density at radius 2 is 2.53 bits per heavy atom. The molecule has 2 rings (SSSR count). The van der Waals surface area contributed by atoms with E-state index < -0.39 is 6.10 Å². The Hall–Kier alpha value is -1.13. The average Bonchev–Trinajstić information content (AvgIpc) is 2.97. The Morgan fingerprint density at radius 3 is 3.18 bits per heavy atom. The van der Waals surface area contributed by atoms with Gasteiger partial charge in [-0.05, 0) is 41.1 Å². The highest BCUT2D eigenvalue weighted by Crippen LogP contribution is 2.20. The number of aliphatic hydroxyl groups is 1. The summed E-state index contributed by atoms with van der Waals surface area (Å²) in [6.07, 6.45) is 6.32. The van der Waals surface area contributed by atoms with Crippen LogP contribution in [0, 0.1) is 5.92 Å². The molecule has 0 bridgehead atoms. The van der Waals surface area contributed by atoms with Crippen molar-refractivity contribution in [2.75, 3.05) is 6.54 Å². The average molecular weight is 251 g/mol. The number of hydrogen-bond donors (Lipinski definition) is 2. The van der Waals surface area contributed by atoms with Crippen LogP contribution in [0.4, 0.5) is 0 Å². The molecule has 1 aliphatic rings. The number of nitrogens with one attached hydrogen (secondary N) is 1. The second-order valence-electron chi connectivity index (χ2n) is 4.35. The van der Waals surface area contributed by atoms with E-state index in [4.69, 9.17) is 0 Å². The van der Waals surface area contributed by atoms with Crippen LogP contribution in [0.3, 0.4) is 0 Å². The third-order valence-electron chi connectivity index (χ3n) is 2.98. The number of hydrogen-bond acceptors (Lipinski definition) is 3. The third-order valence-corrected chi connectivity index (χ3v) is 3.68. The molecule has 0 fully saturated rings. The third kappa shape index (κ3) is 3.68. The number of thiophene rings is 1. The molecule has 2 N–H and O–H groups in total. The lowest BCUT2D eigenvalue weighted by molar-refractivity contribution is -0.122. The summed E-state index contributed by atoms with van der Waals surface area (Å²) in [7, 11) is 0. The Balaban J connectivity index is 1.70. The molecule has 92 valence electrons. The predicted molar refractivity (Wildman–Crippen MR) is 68.8 cm³/mol. The van der Waals surface area contributed by atoms with Crippen molar-refractivity contribution >= 4 is 17.2 Å². The zero-order valence-corrected chi connectivity index (χ0v) is 10.5. The Bertz CT molecular complexity index is 386. The fourth-order valence-electron chi connectivity index (χ4n) is 1.97. The fraction of sp³-hybridized carbons (Fsp3) is 0.462. The summed E-state index contributed by atoms with van der Waals surface area (Å²) >= 11 is 1.55. The Kier molecular flexibility index (Phi) is 4.34. The summed E-state index contributed by atoms with van der Waals surface area (Å²) in [5, 5.41) is 16.4. The largest absolute Gasteiger partial charge is 0.387 e. The van der Waals surface area contributed by atoms with Gasteiger partial charge in [0, 0.05) is 13.0 Å². The lowest BCUT2D eigenvalue weighted by Gasteiger charge is -2.12. The summed E-state index contributed by atoms with van der Waals surface area (Å²) in [6.45, 7) is 0.298. The van der Waals surface area contributed by atoms with E-state index in [-0.39, 0.29) is 5.91 Å². The molecule has 1 heterocycles. The lowest BCUT2D eigenvalue weighted by Crippen LogP contribution is -2.29. The molecule has 0 saturated heterocycles. The van der Waals surface area contributed by atoms with Crippen molar-refractivity contribution < 1.29 is 9.90 Å². The second-order valence-corrected chi connectivity index (χ2v) is 5.13. The molecule has 17 heavy (non-hydrogen) atoms. The van der Waals surface area contributed by atoms with Gasteiger partial charge >= 0.3 is 0 Å². The first kappa shape index (κ1) is 12.3. The SMILES string of the molecule is O=C(CC1C=CCC1)NCC(O)c1ccsc1. The van der Waals surface area contributed by atoms with Crippen molar-refractivity contribution in [2.45, 2.75) is 25.4 Å². The van der Waals surface area contributed by atoms with Gasteiger partial charge in [-0.2, -0.15) is 11.3 Å². The van der Waals surface area contributed by atoms with E-state index in [9.17, 15) is 9.90 Å². The van der Waals surface area contributed by atoms with Crippen LogP contribution in [0.2, 0.25) is 0 Å². The minimum atomic E-state index is -0.593. The van der Waals surface area contributed by atoms with Gasteiger partial charge < -0.3 is 10.4 Å². The molecule has 0 aromatic carbocycles. The van der Waals surface area contributed by atoms with Crippen molar-refractivity contribution in [1.82, 2.24) is 5.32 Å². The zero-order chi connectivity index (χ0) is 12.1. The normalized spacial score (nSPS) is 20.4. The van der Waals surface area contributed by atoms with Gasteiger partial charge in [-0.25, -0.2) is 0 Å². The van der Waals surface area contributed by atoms with Crippen molar-refractivity contribution in [1.29, 1.82) is 0 Å². The maximum absolute atomic E-state index is 11.6. The van der Waals surface area contributed by atoms with Crippen molar-refractivity contribution in [3.8, 4) is 0 Å². The van der Waals surface area contributed by atoms with Gasteiger partial charge in [-0.3, -0.25) is 4.79 Å². The van der Waals surface area contributed by atoms with Gasteiger partial charge in [0.05, 0.1) is 6.10 Å². The lowest BCUT2D eigenvalue weighted by atomic mass is 10.0. The first-order valence-corrected chi connectivity index (χ1v) is 6.83. The van der Waals surface area contributed by atoms with Gasteiger partial charge in [0.15, 0.2) is 0 Å². The minimum Gasteiger partial charge on any atom is -0.387 e. The number of carbonyl (C=O) groups is 1. The summed E-state index contributed by atoms with van der Waals surface area (Å²) in [4.78, 5) is 11.6. The molecule has 0 saturated carbocycles. The molecule has 0 spiro atoms. The summed E-state index contributed by atoms with van der Waals surface area (Å²) in [6, 6.07) is 1.88. The van der Waals surface area contributed by atoms with E-state index in [0.717, 1.165) is 18.4 Å². The van der Waals surface area contributed by atoms with Crippen LogP contribution in [0.1, 0.15) is 30.9 Å². The van der Waals surface area contributed by atoms with Gasteiger partial charge in [0.1, 0.15) is 0 Å². The number of aliphatic hydroxyl groups excluding tert-OH is 1. The molecular weight excluding hydrogens is 234 g/mol. The molecule has 0 aliphatic heterocycles. The van der Waals surface area contributed by atoms with Crippen LogP contribution in [-0.2, 0) is 4.79 Å². The molecule has 1 aliphatic carbocycles. The highest BCUT2D eigenvalue weighted by molar-refractivity contribution is 7.07. The standard InChI is InChI=1S/C13H17NO2S/c15-12(11-5-6-17-9-11)8-14-13(16)7-10-3-1-2-4-10/h1,3,5-6,9-10,12,15H,2,4,7-8H2,(H,14,16). The Morgan fingerprint density at radius 1 is 1.65 bits per heavy atom. The molecule has 4 heteroatoms. The highest BCUT2D eigenvalue weighted by atomic mass is 32.1. The molecule has 1 amide bonds. The topological polar surface area (TPSA) is 49.3 Å². The quantitative estimate of drug-likeness (QED) is 0.789. The first-order valence-electron chi connectivity index (χ1n) is 5.89. The van der Waals surface area contributed by atoms with E-state index in [1.165, 1.54) is 0 Å². The highest BCUT2D eigenvalue weighted by Gasteiger charge is 2.15. The Labute approximate surface area is 105 Å². The van der Waals surface area contributed by atoms with Crippen LogP contribution in [0.15, 0.2) is 29.0 Å². The predicted octanol–water partition coefficient (Wildman–Crippen LogP) is 2.25. The number of amides is 1. The first-order chi connectivity index (χ1) is 8.25. The van der Waals surface area contributed by atoms with E-state index in [2.05, 4.69) is 17.5 Å². The molecule has 2 atom stereocenters. The van der Waals surface area contributed by atoms with Crippen molar-refractivity contribution in [2.24, 2.45) is 5.92 Å². The van der Waals surface area contributed by atoms with Gasteiger partial charge in [0.2, 0.25) is 5.91 Å². The van der Waals surface area contributed by atoms with Crippen LogP contribution in [-0.4, -0.2) is 17.6 Å². The molecular formula is C13H17NO2S. The summed E-state index contributed by atoms with van der Waals surface area (Å²) in [5.41, 5.74) is 0.871. The van der Waals surface area contributed by atoms with E-state index in [0.29, 0.717) is 18.9 Å². The van der Waals surface area contributed by atoms with Crippen LogP contribution < -0.4 is 5.32 Å². The van der Waals surface area contributed by atoms with Crippen LogP contribution >= 0.6 is 11.3 Å². The summed E-state index contributed by atoms with van der Waals surface area (Å²) in [5.74, 6) is 0.407. The van der Waals surface area contributed by atoms with Gasteiger partial charge in [-0.1, -0.05) is 12.2 Å².